The number of hydrogen-bond acceptors (Lipinski definition) is 3. The molecule has 1 aromatic carbocycles. The van der Waals surface area contributed by atoms with Crippen LogP contribution >= 0.6 is 0 Å². The SMILES string of the molecule is O=C(O)c1ccc(-c2cc(F)ccc2O)cn1. The van der Waals surface area contributed by atoms with Gasteiger partial charge in [-0.3, -0.25) is 0 Å². The fourth-order valence-corrected chi connectivity index (χ4v) is 1.42. The maximum absolute atomic E-state index is 13.0. The summed E-state index contributed by atoms with van der Waals surface area (Å²) in [5.41, 5.74) is 0.617. The quantitative estimate of drug-likeness (QED) is 0.834. The van der Waals surface area contributed by atoms with Crippen LogP contribution in [0.15, 0.2) is 36.5 Å². The molecule has 0 saturated carbocycles. The standard InChI is InChI=1S/C12H8FNO3/c13-8-2-4-11(15)9(5-8)7-1-3-10(12(16)17)14-6-7/h1-6,15H,(H,16,17). The fourth-order valence-electron chi connectivity index (χ4n) is 1.42. The number of aromatic hydroxyl groups is 1. The summed E-state index contributed by atoms with van der Waals surface area (Å²) in [5.74, 6) is -1.71. The van der Waals surface area contributed by atoms with Crippen LogP contribution < -0.4 is 0 Å². The van der Waals surface area contributed by atoms with Gasteiger partial charge in [0.25, 0.3) is 0 Å². The van der Waals surface area contributed by atoms with Crippen LogP contribution in [0.5, 0.6) is 5.75 Å². The largest absolute Gasteiger partial charge is 0.507 e. The Morgan fingerprint density at radius 2 is 2.00 bits per heavy atom. The van der Waals surface area contributed by atoms with Gasteiger partial charge in [0.05, 0.1) is 0 Å². The van der Waals surface area contributed by atoms with Crippen molar-refractivity contribution in [1.82, 2.24) is 4.98 Å². The number of phenols is 1. The van der Waals surface area contributed by atoms with Gasteiger partial charge in [0, 0.05) is 17.3 Å². The number of benzene rings is 1. The highest BCUT2D eigenvalue weighted by Crippen LogP contribution is 2.29. The van der Waals surface area contributed by atoms with E-state index >= 15 is 0 Å². The van der Waals surface area contributed by atoms with Crippen LogP contribution in [0.2, 0.25) is 0 Å². The molecule has 0 radical (unpaired) electrons. The second kappa shape index (κ2) is 4.21. The highest BCUT2D eigenvalue weighted by molar-refractivity contribution is 5.86. The van der Waals surface area contributed by atoms with E-state index in [4.69, 9.17) is 5.11 Å². The molecular weight excluding hydrogens is 225 g/mol. The fraction of sp³-hybridized carbons (Fsp3) is 0. The molecule has 0 amide bonds. The Balaban J connectivity index is 2.46. The molecule has 0 unspecified atom stereocenters. The summed E-state index contributed by atoms with van der Waals surface area (Å²) in [7, 11) is 0. The minimum absolute atomic E-state index is 0.0868. The topological polar surface area (TPSA) is 70.4 Å². The van der Waals surface area contributed by atoms with Gasteiger partial charge in [0.2, 0.25) is 0 Å². The molecule has 0 spiro atoms. The molecule has 0 aliphatic rings. The molecule has 0 bridgehead atoms. The van der Waals surface area contributed by atoms with Crippen molar-refractivity contribution in [3.63, 3.8) is 0 Å². The molecule has 0 atom stereocenters. The maximum atomic E-state index is 13.0. The number of halogens is 1. The van der Waals surface area contributed by atoms with Gasteiger partial charge in [-0.05, 0) is 24.3 Å². The predicted molar refractivity (Wildman–Crippen MR) is 58.3 cm³/mol. The van der Waals surface area contributed by atoms with Crippen molar-refractivity contribution in [2.75, 3.05) is 0 Å². The van der Waals surface area contributed by atoms with Crippen LogP contribution in [0, 0.1) is 5.82 Å². The molecule has 5 heteroatoms. The number of nitrogens with zero attached hydrogens (tertiary/aromatic N) is 1. The lowest BCUT2D eigenvalue weighted by molar-refractivity contribution is 0.0690. The zero-order valence-electron chi connectivity index (χ0n) is 8.59. The van der Waals surface area contributed by atoms with E-state index in [1.165, 1.54) is 24.4 Å². The number of carbonyl (C=O) groups is 1. The lowest BCUT2D eigenvalue weighted by atomic mass is 10.1. The lowest BCUT2D eigenvalue weighted by Crippen LogP contribution is -1.99. The van der Waals surface area contributed by atoms with Crippen molar-refractivity contribution in [3.05, 3.63) is 48.0 Å². The van der Waals surface area contributed by atoms with E-state index < -0.39 is 11.8 Å². The molecule has 17 heavy (non-hydrogen) atoms. The maximum Gasteiger partial charge on any atom is 0.354 e. The first-order valence-corrected chi connectivity index (χ1v) is 4.76. The van der Waals surface area contributed by atoms with Crippen molar-refractivity contribution in [2.24, 2.45) is 0 Å². The molecule has 2 aromatic rings. The van der Waals surface area contributed by atoms with E-state index in [0.29, 0.717) is 5.56 Å². The van der Waals surface area contributed by atoms with E-state index in [2.05, 4.69) is 4.98 Å². The number of phenolic OH excluding ortho intramolecular Hbond substituents is 1. The van der Waals surface area contributed by atoms with Crippen molar-refractivity contribution in [2.45, 2.75) is 0 Å². The zero-order chi connectivity index (χ0) is 12.4. The molecule has 1 aromatic heterocycles. The second-order valence-electron chi connectivity index (χ2n) is 3.40. The molecule has 1 heterocycles. The summed E-state index contributed by atoms with van der Waals surface area (Å²) in [6.45, 7) is 0. The van der Waals surface area contributed by atoms with Gasteiger partial charge in [0.1, 0.15) is 17.3 Å². The molecule has 2 rings (SSSR count). The average Bonchev–Trinajstić information content (AvgIpc) is 2.32. The van der Waals surface area contributed by atoms with Gasteiger partial charge in [-0.25, -0.2) is 14.2 Å². The third-order valence-electron chi connectivity index (χ3n) is 2.25. The van der Waals surface area contributed by atoms with Crippen LogP contribution in [0.25, 0.3) is 11.1 Å². The third-order valence-corrected chi connectivity index (χ3v) is 2.25. The Kier molecular flexibility index (Phi) is 2.74. The first kappa shape index (κ1) is 11.1. The van der Waals surface area contributed by atoms with E-state index in [9.17, 15) is 14.3 Å². The average molecular weight is 233 g/mol. The van der Waals surface area contributed by atoms with Crippen molar-refractivity contribution < 1.29 is 19.4 Å². The molecule has 0 aliphatic carbocycles. The molecule has 2 N–H and O–H groups in total. The summed E-state index contributed by atoms with van der Waals surface area (Å²) in [5, 5.41) is 18.2. The van der Waals surface area contributed by atoms with Crippen LogP contribution in [0.3, 0.4) is 0 Å². The predicted octanol–water partition coefficient (Wildman–Crippen LogP) is 2.29. The van der Waals surface area contributed by atoms with Gasteiger partial charge in [-0.1, -0.05) is 6.07 Å². The van der Waals surface area contributed by atoms with Crippen molar-refractivity contribution in [1.29, 1.82) is 0 Å². The van der Waals surface area contributed by atoms with Crippen LogP contribution in [-0.2, 0) is 0 Å². The number of carboxylic acid groups (broad SMARTS) is 1. The normalized spacial score (nSPS) is 10.2. The third kappa shape index (κ3) is 2.23. The number of rotatable bonds is 2. The smallest absolute Gasteiger partial charge is 0.354 e. The van der Waals surface area contributed by atoms with Crippen LogP contribution in [0.4, 0.5) is 4.39 Å². The van der Waals surface area contributed by atoms with Gasteiger partial charge < -0.3 is 10.2 Å². The Morgan fingerprint density at radius 1 is 1.24 bits per heavy atom. The summed E-state index contributed by atoms with van der Waals surface area (Å²) < 4.78 is 13.0. The van der Waals surface area contributed by atoms with Crippen LogP contribution in [-0.4, -0.2) is 21.2 Å². The summed E-state index contributed by atoms with van der Waals surface area (Å²) in [6, 6.07) is 6.29. The van der Waals surface area contributed by atoms with Gasteiger partial charge in [0.15, 0.2) is 0 Å². The van der Waals surface area contributed by atoms with Gasteiger partial charge in [-0.15, -0.1) is 0 Å². The van der Waals surface area contributed by atoms with E-state index in [1.807, 2.05) is 0 Å². The molecular formula is C12H8FNO3. The lowest BCUT2D eigenvalue weighted by Gasteiger charge is -2.04. The molecule has 0 saturated heterocycles. The Morgan fingerprint density at radius 3 is 2.59 bits per heavy atom. The second-order valence-corrected chi connectivity index (χ2v) is 3.40. The van der Waals surface area contributed by atoms with E-state index in [0.717, 1.165) is 12.1 Å². The minimum atomic E-state index is -1.14. The minimum Gasteiger partial charge on any atom is -0.507 e. The number of hydrogen-bond donors (Lipinski definition) is 2. The van der Waals surface area contributed by atoms with Gasteiger partial charge in [-0.2, -0.15) is 0 Å². The zero-order valence-corrected chi connectivity index (χ0v) is 8.59. The van der Waals surface area contributed by atoms with E-state index in [-0.39, 0.29) is 17.0 Å². The molecule has 0 aliphatic heterocycles. The highest BCUT2D eigenvalue weighted by atomic mass is 19.1. The Hall–Kier alpha value is -2.43. The van der Waals surface area contributed by atoms with E-state index in [1.54, 1.807) is 0 Å². The monoisotopic (exact) mass is 233 g/mol. The highest BCUT2D eigenvalue weighted by Gasteiger charge is 2.08. The number of carboxylic acids is 1. The van der Waals surface area contributed by atoms with Crippen molar-refractivity contribution >= 4 is 5.97 Å². The molecule has 86 valence electrons. The first-order chi connectivity index (χ1) is 8.08. The summed E-state index contributed by atoms with van der Waals surface area (Å²) >= 11 is 0. The number of aromatic nitrogens is 1. The Bertz CT molecular complexity index is 566. The molecule has 0 fully saturated rings. The number of aromatic carboxylic acids is 1. The summed E-state index contributed by atoms with van der Waals surface area (Å²) in [6.07, 6.45) is 1.28. The van der Waals surface area contributed by atoms with Crippen molar-refractivity contribution in [3.8, 4) is 16.9 Å². The van der Waals surface area contributed by atoms with Crippen LogP contribution in [0.1, 0.15) is 10.5 Å². The Labute approximate surface area is 96.0 Å². The summed E-state index contributed by atoms with van der Waals surface area (Å²) in [4.78, 5) is 14.3. The van der Waals surface area contributed by atoms with Gasteiger partial charge >= 0.3 is 5.97 Å². The molecule has 4 nitrogen and oxygen atoms in total. The first-order valence-electron chi connectivity index (χ1n) is 4.76. The number of pyridine rings is 1.